The molecule has 0 spiro atoms. The molecule has 0 fully saturated rings. The summed E-state index contributed by atoms with van der Waals surface area (Å²) in [6.07, 6.45) is 7.94. The summed E-state index contributed by atoms with van der Waals surface area (Å²) in [5, 5.41) is 12.0. The third-order valence-electron chi connectivity index (χ3n) is 3.15. The van der Waals surface area contributed by atoms with Crippen molar-refractivity contribution in [2.75, 3.05) is 6.54 Å². The fourth-order valence-corrected chi connectivity index (χ4v) is 2.24. The van der Waals surface area contributed by atoms with Gasteiger partial charge in [0.2, 0.25) is 0 Å². The Bertz CT molecular complexity index is 485. The van der Waals surface area contributed by atoms with Gasteiger partial charge in [-0.2, -0.15) is 10.2 Å². The molecule has 0 aliphatic rings. The van der Waals surface area contributed by atoms with Gasteiger partial charge in [-0.15, -0.1) is 0 Å². The molecule has 0 saturated carbocycles. The first-order valence-electron chi connectivity index (χ1n) is 6.39. The fourth-order valence-electron chi connectivity index (χ4n) is 2.24. The molecule has 0 aromatic carbocycles. The Hall–Kier alpha value is -1.62. The van der Waals surface area contributed by atoms with Crippen LogP contribution < -0.4 is 5.32 Å². The Morgan fingerprint density at radius 1 is 1.33 bits per heavy atom. The zero-order valence-corrected chi connectivity index (χ0v) is 11.3. The van der Waals surface area contributed by atoms with Crippen LogP contribution in [0.1, 0.15) is 30.6 Å². The topological polar surface area (TPSA) is 47.7 Å². The normalized spacial score (nSPS) is 12.8. The van der Waals surface area contributed by atoms with E-state index in [1.807, 2.05) is 35.9 Å². The van der Waals surface area contributed by atoms with Gasteiger partial charge in [0.1, 0.15) is 0 Å². The van der Waals surface area contributed by atoms with Crippen molar-refractivity contribution in [3.05, 3.63) is 35.9 Å². The van der Waals surface area contributed by atoms with E-state index in [2.05, 4.69) is 34.7 Å². The van der Waals surface area contributed by atoms with Crippen LogP contribution in [0.4, 0.5) is 0 Å². The zero-order valence-electron chi connectivity index (χ0n) is 11.3. The SMILES string of the molecule is CCNC(CCc1cnn(C)c1)c1ccnn1C. The van der Waals surface area contributed by atoms with E-state index >= 15 is 0 Å². The summed E-state index contributed by atoms with van der Waals surface area (Å²) in [5.74, 6) is 0. The Labute approximate surface area is 108 Å². The van der Waals surface area contributed by atoms with Gasteiger partial charge in [0.25, 0.3) is 0 Å². The lowest BCUT2D eigenvalue weighted by atomic mass is 10.1. The predicted octanol–water partition coefficient (Wildman–Crippen LogP) is 1.44. The summed E-state index contributed by atoms with van der Waals surface area (Å²) in [5.41, 5.74) is 2.52. The maximum absolute atomic E-state index is 4.24. The molecule has 1 atom stereocenters. The lowest BCUT2D eigenvalue weighted by Crippen LogP contribution is -2.23. The van der Waals surface area contributed by atoms with Crippen molar-refractivity contribution in [1.82, 2.24) is 24.9 Å². The Balaban J connectivity index is 2.01. The van der Waals surface area contributed by atoms with Crippen LogP contribution in [0.3, 0.4) is 0 Å². The van der Waals surface area contributed by atoms with Gasteiger partial charge < -0.3 is 5.32 Å². The van der Waals surface area contributed by atoms with E-state index in [4.69, 9.17) is 0 Å². The van der Waals surface area contributed by atoms with Gasteiger partial charge in [0, 0.05) is 32.5 Å². The van der Waals surface area contributed by atoms with Crippen LogP contribution in [0.25, 0.3) is 0 Å². The molecule has 18 heavy (non-hydrogen) atoms. The van der Waals surface area contributed by atoms with Crippen molar-refractivity contribution in [3.8, 4) is 0 Å². The van der Waals surface area contributed by atoms with Crippen molar-refractivity contribution < 1.29 is 0 Å². The van der Waals surface area contributed by atoms with Gasteiger partial charge >= 0.3 is 0 Å². The summed E-state index contributed by atoms with van der Waals surface area (Å²) in [6.45, 7) is 3.09. The third-order valence-corrected chi connectivity index (χ3v) is 3.15. The first kappa shape index (κ1) is 12.8. The number of nitrogens with zero attached hydrogens (tertiary/aromatic N) is 4. The zero-order chi connectivity index (χ0) is 13.0. The monoisotopic (exact) mass is 247 g/mol. The van der Waals surface area contributed by atoms with Crippen molar-refractivity contribution in [2.45, 2.75) is 25.8 Å². The van der Waals surface area contributed by atoms with Crippen LogP contribution in [0.5, 0.6) is 0 Å². The van der Waals surface area contributed by atoms with E-state index in [-0.39, 0.29) is 0 Å². The summed E-state index contributed by atoms with van der Waals surface area (Å²) < 4.78 is 3.79. The van der Waals surface area contributed by atoms with Crippen LogP contribution in [-0.2, 0) is 20.5 Å². The van der Waals surface area contributed by atoms with Gasteiger partial charge in [0.05, 0.1) is 11.9 Å². The van der Waals surface area contributed by atoms with Crippen LogP contribution in [0, 0.1) is 0 Å². The predicted molar refractivity (Wildman–Crippen MR) is 71.2 cm³/mol. The molecule has 0 aliphatic carbocycles. The van der Waals surface area contributed by atoms with E-state index in [0.29, 0.717) is 6.04 Å². The summed E-state index contributed by atoms with van der Waals surface area (Å²) in [4.78, 5) is 0. The molecular formula is C13H21N5. The number of nitrogens with one attached hydrogen (secondary N) is 1. The molecule has 1 unspecified atom stereocenters. The largest absolute Gasteiger partial charge is 0.309 e. The molecular weight excluding hydrogens is 226 g/mol. The summed E-state index contributed by atoms with van der Waals surface area (Å²) in [6, 6.07) is 2.43. The second kappa shape index (κ2) is 5.82. The van der Waals surface area contributed by atoms with Gasteiger partial charge in [-0.25, -0.2) is 0 Å². The molecule has 2 aromatic heterocycles. The van der Waals surface area contributed by atoms with E-state index in [0.717, 1.165) is 19.4 Å². The highest BCUT2D eigenvalue weighted by molar-refractivity contribution is 5.09. The van der Waals surface area contributed by atoms with E-state index < -0.39 is 0 Å². The maximum atomic E-state index is 4.24. The van der Waals surface area contributed by atoms with E-state index in [1.165, 1.54) is 11.3 Å². The standard InChI is InChI=1S/C13H21N5/c1-4-14-12(13-7-8-15-18(13)3)6-5-11-9-16-17(2)10-11/h7-10,12,14H,4-6H2,1-3H3. The third kappa shape index (κ3) is 2.98. The smallest absolute Gasteiger partial charge is 0.0550 e. The molecule has 2 heterocycles. The lowest BCUT2D eigenvalue weighted by molar-refractivity contribution is 0.480. The van der Waals surface area contributed by atoms with Gasteiger partial charge in [-0.05, 0) is 31.0 Å². The molecule has 1 N–H and O–H groups in total. The molecule has 0 amide bonds. The summed E-state index contributed by atoms with van der Waals surface area (Å²) >= 11 is 0. The van der Waals surface area contributed by atoms with Crippen LogP contribution >= 0.6 is 0 Å². The number of rotatable bonds is 6. The minimum Gasteiger partial charge on any atom is -0.309 e. The number of aryl methyl sites for hydroxylation is 3. The first-order chi connectivity index (χ1) is 8.70. The Morgan fingerprint density at radius 2 is 2.17 bits per heavy atom. The van der Waals surface area contributed by atoms with Crippen molar-refractivity contribution in [1.29, 1.82) is 0 Å². The second-order valence-corrected chi connectivity index (χ2v) is 4.55. The first-order valence-corrected chi connectivity index (χ1v) is 6.39. The van der Waals surface area contributed by atoms with Gasteiger partial charge in [-0.1, -0.05) is 6.92 Å². The highest BCUT2D eigenvalue weighted by Gasteiger charge is 2.14. The minimum absolute atomic E-state index is 0.350. The highest BCUT2D eigenvalue weighted by atomic mass is 15.3. The molecule has 5 heteroatoms. The lowest BCUT2D eigenvalue weighted by Gasteiger charge is -2.17. The molecule has 5 nitrogen and oxygen atoms in total. The van der Waals surface area contributed by atoms with Crippen LogP contribution in [0.2, 0.25) is 0 Å². The Kier molecular flexibility index (Phi) is 4.15. The van der Waals surface area contributed by atoms with E-state index in [9.17, 15) is 0 Å². The summed E-state index contributed by atoms with van der Waals surface area (Å²) in [7, 11) is 3.94. The molecule has 2 aromatic rings. The van der Waals surface area contributed by atoms with Crippen molar-refractivity contribution >= 4 is 0 Å². The van der Waals surface area contributed by atoms with Gasteiger partial charge in [0.15, 0.2) is 0 Å². The molecule has 0 saturated heterocycles. The molecule has 0 bridgehead atoms. The Morgan fingerprint density at radius 3 is 2.72 bits per heavy atom. The number of hydrogen-bond acceptors (Lipinski definition) is 3. The molecule has 2 rings (SSSR count). The average molecular weight is 247 g/mol. The van der Waals surface area contributed by atoms with Crippen molar-refractivity contribution in [2.24, 2.45) is 14.1 Å². The van der Waals surface area contributed by atoms with Crippen LogP contribution in [-0.4, -0.2) is 26.1 Å². The minimum atomic E-state index is 0.350. The number of aromatic nitrogens is 4. The second-order valence-electron chi connectivity index (χ2n) is 4.55. The van der Waals surface area contributed by atoms with Crippen molar-refractivity contribution in [3.63, 3.8) is 0 Å². The highest BCUT2D eigenvalue weighted by Crippen LogP contribution is 2.18. The van der Waals surface area contributed by atoms with Gasteiger partial charge in [-0.3, -0.25) is 9.36 Å². The molecule has 0 aliphatic heterocycles. The number of hydrogen-bond donors (Lipinski definition) is 1. The fraction of sp³-hybridized carbons (Fsp3) is 0.538. The average Bonchev–Trinajstić information content (AvgIpc) is 2.94. The maximum Gasteiger partial charge on any atom is 0.0550 e. The molecule has 0 radical (unpaired) electrons. The van der Waals surface area contributed by atoms with Crippen LogP contribution in [0.15, 0.2) is 24.7 Å². The quantitative estimate of drug-likeness (QED) is 0.840. The van der Waals surface area contributed by atoms with E-state index in [1.54, 1.807) is 0 Å². The molecule has 98 valence electrons.